The summed E-state index contributed by atoms with van der Waals surface area (Å²) in [5, 5.41) is 9.51. The van der Waals surface area contributed by atoms with Gasteiger partial charge in [-0.2, -0.15) is 18.2 Å². The Labute approximate surface area is 145 Å². The maximum absolute atomic E-state index is 12.6. The highest BCUT2D eigenvalue weighted by Crippen LogP contribution is 2.34. The van der Waals surface area contributed by atoms with Gasteiger partial charge >= 0.3 is 12.1 Å². The summed E-state index contributed by atoms with van der Waals surface area (Å²) in [6.07, 6.45) is -3.43. The van der Waals surface area contributed by atoms with E-state index in [0.717, 1.165) is 11.6 Å². The number of nitrogens with zero attached hydrogens (tertiary/aromatic N) is 1. The first kappa shape index (κ1) is 18.8. The van der Waals surface area contributed by atoms with Crippen molar-refractivity contribution in [1.82, 2.24) is 4.98 Å². The lowest BCUT2D eigenvalue weighted by molar-refractivity contribution is -0.137. The van der Waals surface area contributed by atoms with Crippen molar-refractivity contribution in [3.63, 3.8) is 0 Å². The van der Waals surface area contributed by atoms with Crippen LogP contribution in [-0.2, 0) is 22.3 Å². The minimum atomic E-state index is -4.53. The van der Waals surface area contributed by atoms with Crippen molar-refractivity contribution >= 4 is 22.9 Å². The van der Waals surface area contributed by atoms with Gasteiger partial charge < -0.3 is 14.6 Å². The van der Waals surface area contributed by atoms with Crippen LogP contribution < -0.4 is 4.74 Å². The first-order valence-corrected chi connectivity index (χ1v) is 7.82. The number of aromatic nitrogens is 1. The van der Waals surface area contributed by atoms with Gasteiger partial charge in [-0.25, -0.2) is 4.79 Å². The number of aliphatic carboxylic acids is 1. The Balaban J connectivity index is 2.29. The first-order chi connectivity index (χ1) is 11.7. The molecule has 0 fully saturated rings. The van der Waals surface area contributed by atoms with Crippen molar-refractivity contribution in [2.24, 2.45) is 0 Å². The van der Waals surface area contributed by atoms with Crippen LogP contribution in [-0.4, -0.2) is 23.2 Å². The lowest BCUT2D eigenvalue weighted by Gasteiger charge is -2.13. The number of carboxylic acid groups (broad SMARTS) is 1. The zero-order chi connectivity index (χ0) is 18.6. The van der Waals surface area contributed by atoms with E-state index in [9.17, 15) is 23.1 Å². The number of hydrogen-bond donors (Lipinski definition) is 1. The van der Waals surface area contributed by atoms with Crippen molar-refractivity contribution in [2.45, 2.75) is 19.7 Å². The third-order valence-electron chi connectivity index (χ3n) is 3.20. The largest absolute Gasteiger partial charge is 0.503 e. The minimum absolute atomic E-state index is 0.0755. The molecule has 25 heavy (non-hydrogen) atoms. The van der Waals surface area contributed by atoms with E-state index in [1.807, 2.05) is 0 Å². The molecule has 0 aliphatic rings. The SMILES string of the molecule is CO/C=C(/C(=O)O)c1c(C)cccc1COc1csc(C(F)(F)F)n1. The van der Waals surface area contributed by atoms with Gasteiger partial charge in [-0.1, -0.05) is 18.2 Å². The third kappa shape index (κ3) is 4.50. The lowest BCUT2D eigenvalue weighted by Crippen LogP contribution is -2.08. The van der Waals surface area contributed by atoms with Gasteiger partial charge in [0.15, 0.2) is 0 Å². The maximum atomic E-state index is 12.6. The van der Waals surface area contributed by atoms with Crippen LogP contribution in [0.15, 0.2) is 29.8 Å². The zero-order valence-electron chi connectivity index (χ0n) is 13.3. The first-order valence-electron chi connectivity index (χ1n) is 6.94. The van der Waals surface area contributed by atoms with Crippen molar-refractivity contribution in [3.8, 4) is 5.88 Å². The molecule has 0 amide bonds. The van der Waals surface area contributed by atoms with E-state index in [0.29, 0.717) is 28.0 Å². The van der Waals surface area contributed by atoms with Crippen LogP contribution in [0.3, 0.4) is 0 Å². The van der Waals surface area contributed by atoms with Gasteiger partial charge in [0.05, 0.1) is 18.8 Å². The number of thiazole rings is 1. The van der Waals surface area contributed by atoms with Crippen LogP contribution in [0.4, 0.5) is 13.2 Å². The quantitative estimate of drug-likeness (QED) is 0.609. The van der Waals surface area contributed by atoms with Crippen molar-refractivity contribution in [1.29, 1.82) is 0 Å². The number of aryl methyl sites for hydroxylation is 1. The summed E-state index contributed by atoms with van der Waals surface area (Å²) in [5.41, 5.74) is 1.48. The van der Waals surface area contributed by atoms with Gasteiger partial charge in [-0.3, -0.25) is 0 Å². The normalized spacial score (nSPS) is 12.1. The summed E-state index contributed by atoms with van der Waals surface area (Å²) in [5.74, 6) is -1.36. The number of ether oxygens (including phenoxy) is 2. The molecule has 1 heterocycles. The molecule has 0 atom stereocenters. The molecular weight excluding hydrogens is 359 g/mol. The number of hydrogen-bond acceptors (Lipinski definition) is 5. The maximum Gasteiger partial charge on any atom is 0.443 e. The van der Waals surface area contributed by atoms with Crippen molar-refractivity contribution in [2.75, 3.05) is 7.11 Å². The van der Waals surface area contributed by atoms with E-state index in [4.69, 9.17) is 9.47 Å². The molecule has 0 saturated carbocycles. The highest BCUT2D eigenvalue weighted by molar-refractivity contribution is 7.09. The van der Waals surface area contributed by atoms with E-state index in [1.165, 1.54) is 7.11 Å². The molecule has 0 saturated heterocycles. The number of halogens is 3. The van der Waals surface area contributed by atoms with Gasteiger partial charge in [0.25, 0.3) is 0 Å². The molecule has 134 valence electrons. The highest BCUT2D eigenvalue weighted by atomic mass is 32.1. The van der Waals surface area contributed by atoms with Gasteiger partial charge in [-0.15, -0.1) is 11.3 Å². The molecule has 2 aromatic rings. The Morgan fingerprint density at radius 3 is 2.68 bits per heavy atom. The van der Waals surface area contributed by atoms with Crippen LogP contribution in [0.25, 0.3) is 5.57 Å². The van der Waals surface area contributed by atoms with E-state index < -0.39 is 17.2 Å². The Morgan fingerprint density at radius 2 is 2.12 bits per heavy atom. The van der Waals surface area contributed by atoms with Gasteiger partial charge in [-0.05, 0) is 18.1 Å². The van der Waals surface area contributed by atoms with Crippen LogP contribution >= 0.6 is 11.3 Å². The highest BCUT2D eigenvalue weighted by Gasteiger charge is 2.34. The molecule has 1 aromatic carbocycles. The number of alkyl halides is 3. The molecular formula is C16H14F3NO4S. The summed E-state index contributed by atoms with van der Waals surface area (Å²) in [6, 6.07) is 5.05. The predicted octanol–water partition coefficient (Wildman–Crippen LogP) is 4.12. The van der Waals surface area contributed by atoms with Crippen LogP contribution in [0.5, 0.6) is 5.88 Å². The number of carbonyl (C=O) groups is 1. The minimum Gasteiger partial charge on any atom is -0.503 e. The van der Waals surface area contributed by atoms with Crippen molar-refractivity contribution < 1.29 is 32.5 Å². The molecule has 0 bridgehead atoms. The standard InChI is InChI=1S/C16H14F3NO4S/c1-9-4-3-5-10(13(9)11(7-23-2)14(21)22)6-24-12-8-25-15(20-12)16(17,18)19/h3-5,7-8H,6H2,1-2H3,(H,21,22)/b11-7+. The lowest BCUT2D eigenvalue weighted by atomic mass is 9.96. The van der Waals surface area contributed by atoms with Crippen molar-refractivity contribution in [3.05, 3.63) is 51.5 Å². The second-order valence-corrected chi connectivity index (χ2v) is 5.82. The molecule has 9 heteroatoms. The monoisotopic (exact) mass is 373 g/mol. The molecule has 0 aliphatic heterocycles. The van der Waals surface area contributed by atoms with E-state index >= 15 is 0 Å². The molecule has 0 spiro atoms. The van der Waals surface area contributed by atoms with Crippen LogP contribution in [0, 0.1) is 6.92 Å². The van der Waals surface area contributed by atoms with E-state index in [-0.39, 0.29) is 18.1 Å². The summed E-state index contributed by atoms with van der Waals surface area (Å²) in [7, 11) is 1.32. The van der Waals surface area contributed by atoms with Gasteiger partial charge in [0.2, 0.25) is 10.9 Å². The van der Waals surface area contributed by atoms with Gasteiger partial charge in [0.1, 0.15) is 12.2 Å². The molecule has 1 N–H and O–H groups in total. The number of carboxylic acids is 1. The summed E-state index contributed by atoms with van der Waals surface area (Å²) < 4.78 is 47.8. The molecule has 2 rings (SSSR count). The number of rotatable bonds is 6. The fourth-order valence-corrected chi connectivity index (χ4v) is 2.79. The van der Waals surface area contributed by atoms with Crippen LogP contribution in [0.2, 0.25) is 0 Å². The average molecular weight is 373 g/mol. The Kier molecular flexibility index (Phi) is 5.68. The van der Waals surface area contributed by atoms with E-state index in [1.54, 1.807) is 25.1 Å². The molecule has 5 nitrogen and oxygen atoms in total. The Hall–Kier alpha value is -2.55. The topological polar surface area (TPSA) is 68.7 Å². The fourth-order valence-electron chi connectivity index (χ4n) is 2.18. The Bertz CT molecular complexity index is 799. The second-order valence-electron chi connectivity index (χ2n) is 4.96. The van der Waals surface area contributed by atoms with Crippen LogP contribution in [0.1, 0.15) is 21.7 Å². The average Bonchev–Trinajstić information content (AvgIpc) is 3.00. The summed E-state index contributed by atoms with van der Waals surface area (Å²) in [4.78, 5) is 14.8. The zero-order valence-corrected chi connectivity index (χ0v) is 14.1. The molecule has 0 aliphatic carbocycles. The fraction of sp³-hybridized carbons (Fsp3) is 0.250. The summed E-state index contributed by atoms with van der Waals surface area (Å²) >= 11 is 0.432. The number of benzene rings is 1. The van der Waals surface area contributed by atoms with E-state index in [2.05, 4.69) is 4.98 Å². The smallest absolute Gasteiger partial charge is 0.443 e. The third-order valence-corrected chi connectivity index (χ3v) is 4.06. The summed E-state index contributed by atoms with van der Waals surface area (Å²) in [6.45, 7) is 1.59. The second kappa shape index (κ2) is 7.56. The van der Waals surface area contributed by atoms with Gasteiger partial charge in [0, 0.05) is 5.56 Å². The molecule has 1 aromatic heterocycles. The Morgan fingerprint density at radius 1 is 1.40 bits per heavy atom. The molecule has 0 radical (unpaired) electrons. The number of methoxy groups -OCH3 is 1. The molecule has 0 unspecified atom stereocenters. The predicted molar refractivity (Wildman–Crippen MR) is 85.2 cm³/mol.